The third-order valence-corrected chi connectivity index (χ3v) is 4.02. The molecule has 1 aromatic carbocycles. The van der Waals surface area contributed by atoms with Crippen molar-refractivity contribution in [3.8, 4) is 0 Å². The molecule has 1 aromatic rings. The molecule has 0 bridgehead atoms. The Kier molecular flexibility index (Phi) is 4.38. The van der Waals surface area contributed by atoms with Crippen molar-refractivity contribution in [2.24, 2.45) is 5.92 Å². The third-order valence-electron chi connectivity index (χ3n) is 3.77. The van der Waals surface area contributed by atoms with Gasteiger partial charge in [-0.05, 0) is 36.5 Å². The summed E-state index contributed by atoms with van der Waals surface area (Å²) >= 11 is 5.95. The highest BCUT2D eigenvalue weighted by atomic mass is 35.5. The Balaban J connectivity index is 1.59. The van der Waals surface area contributed by atoms with Crippen molar-refractivity contribution in [3.05, 3.63) is 34.9 Å². The zero-order valence-electron chi connectivity index (χ0n) is 11.0. The molecule has 1 saturated carbocycles. The molecule has 2 atom stereocenters. The van der Waals surface area contributed by atoms with E-state index in [0.717, 1.165) is 24.1 Å². The van der Waals surface area contributed by atoms with E-state index >= 15 is 0 Å². The van der Waals surface area contributed by atoms with Gasteiger partial charge in [0.05, 0.1) is 25.9 Å². The average molecular weight is 282 g/mol. The average Bonchev–Trinajstić information content (AvgIpc) is 3.27. The molecule has 0 amide bonds. The fourth-order valence-corrected chi connectivity index (χ4v) is 2.70. The summed E-state index contributed by atoms with van der Waals surface area (Å²) in [6, 6.07) is 8.60. The maximum Gasteiger partial charge on any atom is 0.0933 e. The van der Waals surface area contributed by atoms with Crippen LogP contribution in [0.25, 0.3) is 0 Å². The van der Waals surface area contributed by atoms with Gasteiger partial charge in [-0.3, -0.25) is 0 Å². The summed E-state index contributed by atoms with van der Waals surface area (Å²) in [5, 5.41) is 4.43. The predicted molar refractivity (Wildman–Crippen MR) is 75.5 cm³/mol. The Morgan fingerprint density at radius 1 is 1.21 bits per heavy atom. The predicted octanol–water partition coefficient (Wildman–Crippen LogP) is 2.80. The molecule has 2 aliphatic rings. The van der Waals surface area contributed by atoms with E-state index in [-0.39, 0.29) is 6.10 Å². The van der Waals surface area contributed by atoms with Gasteiger partial charge in [0.15, 0.2) is 0 Å². The molecule has 0 aromatic heterocycles. The van der Waals surface area contributed by atoms with E-state index in [1.807, 2.05) is 12.1 Å². The second-order valence-corrected chi connectivity index (χ2v) is 5.78. The van der Waals surface area contributed by atoms with Crippen molar-refractivity contribution in [2.75, 3.05) is 26.4 Å². The summed E-state index contributed by atoms with van der Waals surface area (Å²) in [5.74, 6) is 0.755. The van der Waals surface area contributed by atoms with Crippen LogP contribution in [0.1, 0.15) is 24.4 Å². The lowest BCUT2D eigenvalue weighted by Crippen LogP contribution is -2.39. The van der Waals surface area contributed by atoms with Crippen LogP contribution < -0.4 is 5.32 Å². The minimum atomic E-state index is 0.183. The minimum absolute atomic E-state index is 0.183. The third kappa shape index (κ3) is 3.69. The van der Waals surface area contributed by atoms with E-state index in [9.17, 15) is 0 Å². The smallest absolute Gasteiger partial charge is 0.0933 e. The molecular weight excluding hydrogens is 262 g/mol. The van der Waals surface area contributed by atoms with Gasteiger partial charge in [-0.15, -0.1) is 0 Å². The Morgan fingerprint density at radius 2 is 2.00 bits per heavy atom. The molecule has 104 valence electrons. The maximum atomic E-state index is 5.95. The Bertz CT molecular complexity index is 399. The van der Waals surface area contributed by atoms with Gasteiger partial charge in [-0.2, -0.15) is 0 Å². The summed E-state index contributed by atoms with van der Waals surface area (Å²) in [4.78, 5) is 0. The molecule has 3 rings (SSSR count). The molecule has 1 aliphatic carbocycles. The second kappa shape index (κ2) is 6.23. The lowest BCUT2D eigenvalue weighted by Gasteiger charge is -2.26. The second-order valence-electron chi connectivity index (χ2n) is 5.34. The number of nitrogens with one attached hydrogen (secondary N) is 1. The quantitative estimate of drug-likeness (QED) is 0.900. The molecule has 1 saturated heterocycles. The number of ether oxygens (including phenoxy) is 2. The van der Waals surface area contributed by atoms with Crippen LogP contribution in [-0.2, 0) is 9.47 Å². The lowest BCUT2D eigenvalue weighted by molar-refractivity contribution is -0.0872. The summed E-state index contributed by atoms with van der Waals surface area (Å²) in [7, 11) is 0. The largest absolute Gasteiger partial charge is 0.376 e. The van der Waals surface area contributed by atoms with Gasteiger partial charge in [0.1, 0.15) is 0 Å². The molecule has 4 heteroatoms. The van der Waals surface area contributed by atoms with Crippen molar-refractivity contribution >= 4 is 11.6 Å². The van der Waals surface area contributed by atoms with Crippen molar-refractivity contribution in [1.82, 2.24) is 5.32 Å². The van der Waals surface area contributed by atoms with Crippen LogP contribution in [0.5, 0.6) is 0 Å². The molecule has 1 aliphatic heterocycles. The van der Waals surface area contributed by atoms with Gasteiger partial charge < -0.3 is 14.8 Å². The van der Waals surface area contributed by atoms with Gasteiger partial charge >= 0.3 is 0 Å². The molecule has 3 nitrogen and oxygen atoms in total. The zero-order chi connectivity index (χ0) is 13.1. The van der Waals surface area contributed by atoms with Crippen LogP contribution in [0.2, 0.25) is 5.02 Å². The highest BCUT2D eigenvalue weighted by Crippen LogP contribution is 2.41. The van der Waals surface area contributed by atoms with Crippen LogP contribution in [-0.4, -0.2) is 32.5 Å². The van der Waals surface area contributed by atoms with Crippen molar-refractivity contribution in [1.29, 1.82) is 0 Å². The normalized spacial score (nSPS) is 25.2. The summed E-state index contributed by atoms with van der Waals surface area (Å²) in [5.41, 5.74) is 1.32. The molecular formula is C15H20ClNO2. The minimum Gasteiger partial charge on any atom is -0.376 e. The molecule has 0 radical (unpaired) electrons. The van der Waals surface area contributed by atoms with E-state index in [2.05, 4.69) is 17.4 Å². The monoisotopic (exact) mass is 281 g/mol. The number of hydrogen-bond acceptors (Lipinski definition) is 3. The summed E-state index contributed by atoms with van der Waals surface area (Å²) < 4.78 is 11.1. The van der Waals surface area contributed by atoms with Gasteiger partial charge in [-0.1, -0.05) is 23.7 Å². The Hall–Kier alpha value is -0.610. The summed E-state index contributed by atoms with van der Waals surface area (Å²) in [6.07, 6.45) is 2.80. The number of rotatable bonds is 5. The highest BCUT2D eigenvalue weighted by molar-refractivity contribution is 6.30. The zero-order valence-corrected chi connectivity index (χ0v) is 11.7. The first kappa shape index (κ1) is 13.4. The summed E-state index contributed by atoms with van der Waals surface area (Å²) in [6.45, 7) is 2.98. The first-order valence-corrected chi connectivity index (χ1v) is 7.39. The van der Waals surface area contributed by atoms with Gasteiger partial charge in [0, 0.05) is 17.6 Å². The fourth-order valence-electron chi connectivity index (χ4n) is 2.57. The van der Waals surface area contributed by atoms with Gasteiger partial charge in [0.25, 0.3) is 0 Å². The SMILES string of the molecule is Clc1ccc(C(NCC2COCCO2)C2CC2)cc1. The van der Waals surface area contributed by atoms with Crippen LogP contribution in [0, 0.1) is 5.92 Å². The standard InChI is InChI=1S/C15H20ClNO2/c16-13-5-3-12(4-6-13)15(11-1-2-11)17-9-14-10-18-7-8-19-14/h3-6,11,14-15,17H,1-2,7-10H2. The number of hydrogen-bond donors (Lipinski definition) is 1. The Morgan fingerprint density at radius 3 is 2.63 bits per heavy atom. The van der Waals surface area contributed by atoms with Gasteiger partial charge in [0.2, 0.25) is 0 Å². The fraction of sp³-hybridized carbons (Fsp3) is 0.600. The van der Waals surface area contributed by atoms with Crippen molar-refractivity contribution in [2.45, 2.75) is 25.0 Å². The van der Waals surface area contributed by atoms with Gasteiger partial charge in [-0.25, -0.2) is 0 Å². The van der Waals surface area contributed by atoms with E-state index in [4.69, 9.17) is 21.1 Å². The van der Waals surface area contributed by atoms with Crippen LogP contribution >= 0.6 is 11.6 Å². The molecule has 2 fully saturated rings. The molecule has 1 N–H and O–H groups in total. The first-order chi connectivity index (χ1) is 9.33. The highest BCUT2D eigenvalue weighted by Gasteiger charge is 2.32. The van der Waals surface area contributed by atoms with Crippen LogP contribution in [0.4, 0.5) is 0 Å². The van der Waals surface area contributed by atoms with E-state index in [1.54, 1.807) is 0 Å². The lowest BCUT2D eigenvalue weighted by atomic mass is 10.0. The maximum absolute atomic E-state index is 5.95. The van der Waals surface area contributed by atoms with E-state index < -0.39 is 0 Å². The molecule has 19 heavy (non-hydrogen) atoms. The number of benzene rings is 1. The van der Waals surface area contributed by atoms with Crippen LogP contribution in [0.15, 0.2) is 24.3 Å². The Labute approximate surface area is 119 Å². The molecule has 1 heterocycles. The topological polar surface area (TPSA) is 30.5 Å². The van der Waals surface area contributed by atoms with Crippen molar-refractivity contribution in [3.63, 3.8) is 0 Å². The van der Waals surface area contributed by atoms with E-state index in [1.165, 1.54) is 18.4 Å². The van der Waals surface area contributed by atoms with E-state index in [0.29, 0.717) is 19.3 Å². The first-order valence-electron chi connectivity index (χ1n) is 7.01. The molecule has 0 spiro atoms. The van der Waals surface area contributed by atoms with Crippen molar-refractivity contribution < 1.29 is 9.47 Å². The molecule has 2 unspecified atom stereocenters. The number of halogens is 1. The van der Waals surface area contributed by atoms with Crippen LogP contribution in [0.3, 0.4) is 0 Å².